The van der Waals surface area contributed by atoms with Crippen molar-refractivity contribution in [2.75, 3.05) is 26.3 Å². The highest BCUT2D eigenvalue weighted by atomic mass is 16.5. The summed E-state index contributed by atoms with van der Waals surface area (Å²) in [7, 11) is 0. The summed E-state index contributed by atoms with van der Waals surface area (Å²) in [6.07, 6.45) is 20.3. The largest absolute Gasteiger partial charge is 0.465 e. The minimum absolute atomic E-state index is 0.0586. The van der Waals surface area contributed by atoms with Gasteiger partial charge < -0.3 is 15.2 Å². The number of carbonyl (C=O) groups excluding carboxylic acids is 1. The summed E-state index contributed by atoms with van der Waals surface area (Å²) in [6, 6.07) is 0. The zero-order chi connectivity index (χ0) is 21.4. The highest BCUT2D eigenvalue weighted by molar-refractivity contribution is 5.72. The van der Waals surface area contributed by atoms with Crippen LogP contribution in [0.15, 0.2) is 0 Å². The van der Waals surface area contributed by atoms with E-state index in [0.29, 0.717) is 13.2 Å². The molecule has 0 aromatic rings. The number of aliphatic hydroxyl groups is 1. The molecule has 1 atom stereocenters. The lowest BCUT2D eigenvalue weighted by molar-refractivity contribution is -0.149. The maximum absolute atomic E-state index is 12.6. The van der Waals surface area contributed by atoms with Gasteiger partial charge in [-0.1, -0.05) is 97.3 Å². The van der Waals surface area contributed by atoms with E-state index in [2.05, 4.69) is 19.2 Å². The van der Waals surface area contributed by atoms with Crippen LogP contribution in [0.2, 0.25) is 0 Å². The van der Waals surface area contributed by atoms with Crippen LogP contribution in [0.4, 0.5) is 0 Å². The van der Waals surface area contributed by atoms with E-state index in [9.17, 15) is 4.79 Å². The van der Waals surface area contributed by atoms with E-state index in [1.54, 1.807) is 0 Å². The quantitative estimate of drug-likeness (QED) is 0.150. The second-order valence-electron chi connectivity index (χ2n) is 8.51. The highest BCUT2D eigenvalue weighted by Gasteiger charge is 2.19. The number of ether oxygens (including phenoxy) is 1. The van der Waals surface area contributed by atoms with Crippen LogP contribution in [0.3, 0.4) is 0 Å². The molecule has 0 aliphatic rings. The molecule has 0 saturated heterocycles. The molecule has 1 unspecified atom stereocenters. The van der Waals surface area contributed by atoms with Gasteiger partial charge in [-0.25, -0.2) is 0 Å². The topological polar surface area (TPSA) is 58.6 Å². The molecule has 4 heteroatoms. The molecule has 0 saturated carbocycles. The van der Waals surface area contributed by atoms with E-state index >= 15 is 0 Å². The predicted molar refractivity (Wildman–Crippen MR) is 124 cm³/mol. The Morgan fingerprint density at radius 2 is 1.24 bits per heavy atom. The van der Waals surface area contributed by atoms with Crippen LogP contribution < -0.4 is 5.32 Å². The van der Waals surface area contributed by atoms with Crippen molar-refractivity contribution in [3.05, 3.63) is 0 Å². The third kappa shape index (κ3) is 20.4. The Bertz CT molecular complexity index is 336. The molecule has 174 valence electrons. The molecule has 29 heavy (non-hydrogen) atoms. The van der Waals surface area contributed by atoms with Crippen molar-refractivity contribution in [2.24, 2.45) is 5.92 Å². The van der Waals surface area contributed by atoms with Crippen LogP contribution in [0.25, 0.3) is 0 Å². The van der Waals surface area contributed by atoms with Crippen LogP contribution >= 0.6 is 0 Å². The van der Waals surface area contributed by atoms with Crippen molar-refractivity contribution in [3.63, 3.8) is 0 Å². The Balaban J connectivity index is 3.87. The molecule has 0 bridgehead atoms. The van der Waals surface area contributed by atoms with Gasteiger partial charge in [-0.3, -0.25) is 4.79 Å². The van der Waals surface area contributed by atoms with Gasteiger partial charge in [0, 0.05) is 6.54 Å². The number of carbonyl (C=O) groups is 1. The van der Waals surface area contributed by atoms with Crippen molar-refractivity contribution in [2.45, 2.75) is 123 Å². The van der Waals surface area contributed by atoms with Crippen molar-refractivity contribution in [3.8, 4) is 0 Å². The molecule has 0 spiro atoms. The van der Waals surface area contributed by atoms with E-state index in [1.807, 2.05) is 0 Å². The number of aliphatic hydroxyl groups excluding tert-OH is 1. The van der Waals surface area contributed by atoms with Crippen molar-refractivity contribution in [1.29, 1.82) is 0 Å². The number of nitrogens with one attached hydrogen (secondary N) is 1. The monoisotopic (exact) mass is 413 g/mol. The van der Waals surface area contributed by atoms with Crippen LogP contribution in [0, 0.1) is 5.92 Å². The second kappa shape index (κ2) is 23.7. The molecule has 0 fully saturated rings. The van der Waals surface area contributed by atoms with Crippen LogP contribution in [0.5, 0.6) is 0 Å². The summed E-state index contributed by atoms with van der Waals surface area (Å²) in [6.45, 7) is 6.95. The van der Waals surface area contributed by atoms with Crippen LogP contribution in [-0.2, 0) is 9.53 Å². The molecular formula is C25H51NO3. The molecule has 0 aliphatic carbocycles. The molecule has 0 amide bonds. The summed E-state index contributed by atoms with van der Waals surface area (Å²) in [4.78, 5) is 12.6. The van der Waals surface area contributed by atoms with Gasteiger partial charge in [0.1, 0.15) is 0 Å². The molecular weight excluding hydrogens is 362 g/mol. The average molecular weight is 414 g/mol. The first kappa shape index (κ1) is 28.4. The van der Waals surface area contributed by atoms with Gasteiger partial charge >= 0.3 is 5.97 Å². The maximum atomic E-state index is 12.6. The van der Waals surface area contributed by atoms with Gasteiger partial charge in [0.25, 0.3) is 0 Å². The summed E-state index contributed by atoms with van der Waals surface area (Å²) < 4.78 is 5.64. The average Bonchev–Trinajstić information content (AvgIpc) is 2.73. The van der Waals surface area contributed by atoms with E-state index < -0.39 is 0 Å². The van der Waals surface area contributed by atoms with Gasteiger partial charge in [-0.15, -0.1) is 0 Å². The fourth-order valence-corrected chi connectivity index (χ4v) is 3.75. The lowest BCUT2D eigenvalue weighted by Gasteiger charge is -2.16. The first-order chi connectivity index (χ1) is 14.3. The molecule has 0 aromatic carbocycles. The molecule has 0 rings (SSSR count). The normalized spacial score (nSPS) is 12.2. The molecule has 0 heterocycles. The van der Waals surface area contributed by atoms with Crippen LogP contribution in [0.1, 0.15) is 123 Å². The third-order valence-electron chi connectivity index (χ3n) is 5.68. The molecule has 0 aliphatic heterocycles. The first-order valence-electron chi connectivity index (χ1n) is 12.7. The van der Waals surface area contributed by atoms with E-state index in [1.165, 1.54) is 70.6 Å². The Morgan fingerprint density at radius 1 is 0.724 bits per heavy atom. The Hall–Kier alpha value is -0.610. The SMILES string of the molecule is CCCCCCCCC(CCCCCC)C(=O)OCCCCCCCNCCO. The first-order valence-corrected chi connectivity index (χ1v) is 12.7. The van der Waals surface area contributed by atoms with E-state index in [0.717, 1.165) is 45.1 Å². The smallest absolute Gasteiger partial charge is 0.308 e. The number of esters is 1. The lowest BCUT2D eigenvalue weighted by Crippen LogP contribution is -2.19. The summed E-state index contributed by atoms with van der Waals surface area (Å²) in [5, 5.41) is 11.9. The Kier molecular flexibility index (Phi) is 23.2. The summed E-state index contributed by atoms with van der Waals surface area (Å²) >= 11 is 0. The zero-order valence-corrected chi connectivity index (χ0v) is 19.7. The standard InChI is InChI=1S/C25H51NO3/c1-3-5-7-9-11-15-19-24(18-14-8-6-4-2)25(28)29-23-17-13-10-12-16-20-26-21-22-27/h24,26-27H,3-23H2,1-2H3. The molecule has 0 aromatic heterocycles. The fourth-order valence-electron chi connectivity index (χ4n) is 3.75. The van der Waals surface area contributed by atoms with E-state index in [-0.39, 0.29) is 18.5 Å². The number of unbranched alkanes of at least 4 members (excludes halogenated alkanes) is 12. The Morgan fingerprint density at radius 3 is 1.86 bits per heavy atom. The Labute approximate surface area is 181 Å². The van der Waals surface area contributed by atoms with Gasteiger partial charge in [0.05, 0.1) is 19.1 Å². The fraction of sp³-hybridized carbons (Fsp3) is 0.960. The van der Waals surface area contributed by atoms with Gasteiger partial charge in [0.15, 0.2) is 0 Å². The number of hydrogen-bond donors (Lipinski definition) is 2. The minimum Gasteiger partial charge on any atom is -0.465 e. The molecule has 2 N–H and O–H groups in total. The second-order valence-corrected chi connectivity index (χ2v) is 8.51. The van der Waals surface area contributed by atoms with Crippen molar-refractivity contribution < 1.29 is 14.6 Å². The molecule has 4 nitrogen and oxygen atoms in total. The van der Waals surface area contributed by atoms with Gasteiger partial charge in [-0.2, -0.15) is 0 Å². The lowest BCUT2D eigenvalue weighted by atomic mass is 9.94. The minimum atomic E-state index is 0.0586. The van der Waals surface area contributed by atoms with E-state index in [4.69, 9.17) is 9.84 Å². The summed E-state index contributed by atoms with van der Waals surface area (Å²) in [5.74, 6) is 0.180. The van der Waals surface area contributed by atoms with Crippen molar-refractivity contribution in [1.82, 2.24) is 5.32 Å². The number of rotatable bonds is 23. The van der Waals surface area contributed by atoms with Gasteiger partial charge in [-0.05, 0) is 32.2 Å². The van der Waals surface area contributed by atoms with Crippen molar-refractivity contribution >= 4 is 5.97 Å². The predicted octanol–water partition coefficient (Wildman–Crippen LogP) is 6.40. The van der Waals surface area contributed by atoms with Gasteiger partial charge in [0.2, 0.25) is 0 Å². The maximum Gasteiger partial charge on any atom is 0.308 e. The summed E-state index contributed by atoms with van der Waals surface area (Å²) in [5.41, 5.74) is 0. The van der Waals surface area contributed by atoms with Crippen LogP contribution in [-0.4, -0.2) is 37.4 Å². The highest BCUT2D eigenvalue weighted by Crippen LogP contribution is 2.20. The zero-order valence-electron chi connectivity index (χ0n) is 19.7. The number of hydrogen-bond acceptors (Lipinski definition) is 4. The third-order valence-corrected chi connectivity index (χ3v) is 5.68. The molecule has 0 radical (unpaired) electrons.